The van der Waals surface area contributed by atoms with Crippen LogP contribution in [0.5, 0.6) is 11.5 Å². The Kier molecular flexibility index (Phi) is 11.8. The first-order chi connectivity index (χ1) is 21.9. The standard InChI is InChI=1S/C34H43NO12/c1-13-8-7-9-19(12-36)34(47)35-20-11-21(37)23-24(31(44)18(6)32(45)25(23)33(20)46)27(40)14(2)10-22(38)30(43)17(5)29(42)16(4)28(41)15(3)26(13)39/h7-11,13,15-17,22,26,28-30,36,38-39,41-45H,12H2,1-6H3,(H,35,47)/t13-,15+,16-,17+,22+,26-,28-,29-,30+/m0/s1. The lowest BCUT2D eigenvalue weighted by Gasteiger charge is -2.36. The molecule has 1 amide bonds. The van der Waals surface area contributed by atoms with E-state index in [0.29, 0.717) is 6.08 Å². The zero-order chi connectivity index (χ0) is 35.7. The summed E-state index contributed by atoms with van der Waals surface area (Å²) in [5, 5.41) is 88.4. The van der Waals surface area contributed by atoms with E-state index in [1.165, 1.54) is 45.9 Å². The Balaban J connectivity index is 2.22. The number of nitrogens with one attached hydrogen (secondary N) is 1. The summed E-state index contributed by atoms with van der Waals surface area (Å²) in [6.45, 7) is 7.74. The normalized spacial score (nSPS) is 31.7. The molecule has 9 atom stereocenters. The second kappa shape index (κ2) is 14.8. The van der Waals surface area contributed by atoms with Gasteiger partial charge in [-0.05, 0) is 25.5 Å². The van der Waals surface area contributed by atoms with Gasteiger partial charge in [0.15, 0.2) is 11.6 Å². The van der Waals surface area contributed by atoms with Crippen LogP contribution in [0.3, 0.4) is 0 Å². The Hall–Kier alpha value is -3.98. The number of phenols is 2. The highest BCUT2D eigenvalue weighted by Crippen LogP contribution is 2.41. The molecule has 0 saturated heterocycles. The summed E-state index contributed by atoms with van der Waals surface area (Å²) in [6, 6.07) is 0. The molecule has 0 unspecified atom stereocenters. The van der Waals surface area contributed by atoms with E-state index in [4.69, 9.17) is 0 Å². The van der Waals surface area contributed by atoms with Gasteiger partial charge in [-0.3, -0.25) is 19.2 Å². The topological polar surface area (TPSA) is 242 Å². The summed E-state index contributed by atoms with van der Waals surface area (Å²) in [5.74, 6) is -9.08. The second-order valence-electron chi connectivity index (χ2n) is 12.5. The van der Waals surface area contributed by atoms with E-state index in [0.717, 1.165) is 6.08 Å². The zero-order valence-corrected chi connectivity index (χ0v) is 27.0. The van der Waals surface area contributed by atoms with Gasteiger partial charge in [0, 0.05) is 40.9 Å². The van der Waals surface area contributed by atoms with Gasteiger partial charge in [-0.25, -0.2) is 0 Å². The summed E-state index contributed by atoms with van der Waals surface area (Å²) in [6.07, 6.45) is -1.50. The summed E-state index contributed by atoms with van der Waals surface area (Å²) in [4.78, 5) is 53.5. The Bertz CT molecular complexity index is 1570. The molecule has 4 rings (SSSR count). The summed E-state index contributed by atoms with van der Waals surface area (Å²) < 4.78 is 0. The van der Waals surface area contributed by atoms with Gasteiger partial charge >= 0.3 is 0 Å². The lowest BCUT2D eigenvalue weighted by molar-refractivity contribution is -0.117. The fraction of sp³-hybridized carbons (Fsp3) is 0.471. The molecule has 0 fully saturated rings. The van der Waals surface area contributed by atoms with Crippen molar-refractivity contribution in [2.24, 2.45) is 23.7 Å². The van der Waals surface area contributed by atoms with E-state index in [-0.39, 0.29) is 16.7 Å². The van der Waals surface area contributed by atoms with Gasteiger partial charge in [-0.1, -0.05) is 45.9 Å². The maximum Gasteiger partial charge on any atom is 0.254 e. The molecule has 2 aliphatic heterocycles. The minimum atomic E-state index is -1.76. The van der Waals surface area contributed by atoms with E-state index >= 15 is 0 Å². The molecule has 1 aromatic rings. The van der Waals surface area contributed by atoms with Crippen molar-refractivity contribution in [3.05, 3.63) is 69.5 Å². The number of ketones is 3. The molecule has 47 heavy (non-hydrogen) atoms. The van der Waals surface area contributed by atoms with E-state index in [9.17, 15) is 60.0 Å². The Morgan fingerprint density at radius 1 is 0.723 bits per heavy atom. The zero-order valence-electron chi connectivity index (χ0n) is 27.0. The molecule has 2 heterocycles. The molecule has 0 spiro atoms. The summed E-state index contributed by atoms with van der Waals surface area (Å²) >= 11 is 0. The number of aliphatic hydroxyl groups is 6. The second-order valence-corrected chi connectivity index (χ2v) is 12.5. The van der Waals surface area contributed by atoms with Crippen molar-refractivity contribution in [3.63, 3.8) is 0 Å². The molecule has 13 nitrogen and oxygen atoms in total. The van der Waals surface area contributed by atoms with Crippen LogP contribution in [-0.4, -0.2) is 101 Å². The third-order valence-corrected chi connectivity index (χ3v) is 9.23. The van der Waals surface area contributed by atoms with Crippen LogP contribution in [0.1, 0.15) is 71.3 Å². The van der Waals surface area contributed by atoms with Gasteiger partial charge in [0.25, 0.3) is 5.91 Å². The van der Waals surface area contributed by atoms with Crippen molar-refractivity contribution < 1.29 is 60.0 Å². The number of amides is 1. The van der Waals surface area contributed by atoms with Gasteiger partial charge in [0.1, 0.15) is 11.5 Å². The highest BCUT2D eigenvalue weighted by atomic mass is 16.3. The van der Waals surface area contributed by atoms with E-state index in [1.807, 2.05) is 0 Å². The van der Waals surface area contributed by atoms with Crippen molar-refractivity contribution in [1.29, 1.82) is 0 Å². The molecular formula is C34H43NO12. The van der Waals surface area contributed by atoms with Gasteiger partial charge < -0.3 is 46.2 Å². The quantitative estimate of drug-likeness (QED) is 0.203. The van der Waals surface area contributed by atoms with Crippen molar-refractivity contribution >= 4 is 23.3 Å². The lowest BCUT2D eigenvalue weighted by Crippen LogP contribution is -2.46. The highest BCUT2D eigenvalue weighted by Gasteiger charge is 2.40. The van der Waals surface area contributed by atoms with Crippen molar-refractivity contribution in [2.75, 3.05) is 6.61 Å². The van der Waals surface area contributed by atoms with Crippen LogP contribution >= 0.6 is 0 Å². The van der Waals surface area contributed by atoms with Gasteiger partial charge in [0.05, 0.1) is 59.5 Å². The third kappa shape index (κ3) is 7.30. The molecule has 4 bridgehead atoms. The largest absolute Gasteiger partial charge is 0.507 e. The highest BCUT2D eigenvalue weighted by molar-refractivity contribution is 6.31. The van der Waals surface area contributed by atoms with Crippen molar-refractivity contribution in [2.45, 2.75) is 72.1 Å². The molecule has 0 aromatic heterocycles. The number of fused-ring (bicyclic) bond motifs is 15. The van der Waals surface area contributed by atoms with Crippen LogP contribution in [-0.2, 0) is 4.79 Å². The number of allylic oxidation sites excluding steroid dienone is 5. The number of rotatable bonds is 1. The van der Waals surface area contributed by atoms with Gasteiger partial charge in [-0.15, -0.1) is 0 Å². The summed E-state index contributed by atoms with van der Waals surface area (Å²) in [5.41, 5.74) is -3.37. The first kappa shape index (κ1) is 37.5. The molecule has 256 valence electrons. The van der Waals surface area contributed by atoms with Crippen LogP contribution in [0.4, 0.5) is 0 Å². The van der Waals surface area contributed by atoms with Crippen LogP contribution < -0.4 is 5.32 Å². The predicted octanol–water partition coefficient (Wildman–Crippen LogP) is 0.752. The number of hydrogen-bond acceptors (Lipinski definition) is 12. The molecular weight excluding hydrogens is 614 g/mol. The number of Topliss-reactive ketones (excluding diaryl/α,β-unsaturated/α-hetero) is 2. The third-order valence-electron chi connectivity index (χ3n) is 9.23. The van der Waals surface area contributed by atoms with Crippen LogP contribution in [0.25, 0.3) is 0 Å². The molecule has 9 N–H and O–H groups in total. The average Bonchev–Trinajstić information content (AvgIpc) is 3.04. The number of phenolic OH excluding ortho intramolecular Hbond substituents is 2. The minimum absolute atomic E-state index is 0.244. The molecule has 3 aliphatic rings. The smallest absolute Gasteiger partial charge is 0.254 e. The Morgan fingerprint density at radius 3 is 1.79 bits per heavy atom. The molecule has 1 aliphatic carbocycles. The number of carbonyl (C=O) groups is 4. The van der Waals surface area contributed by atoms with E-state index in [2.05, 4.69) is 5.32 Å². The molecule has 0 saturated carbocycles. The van der Waals surface area contributed by atoms with Crippen LogP contribution in [0, 0.1) is 30.6 Å². The number of aromatic hydroxyl groups is 2. The number of aliphatic hydroxyl groups excluding tert-OH is 6. The van der Waals surface area contributed by atoms with E-state index in [1.54, 1.807) is 13.8 Å². The number of hydrogen-bond donors (Lipinski definition) is 9. The maximum atomic E-state index is 13.6. The molecule has 0 radical (unpaired) electrons. The SMILES string of the molecule is CC1=C[C@@H](O)[C@H](O)[C@H](C)[C@@H](O)[C@@H](C)[C@@H](O)[C@H](C)[C@@H](O)[C@@H](C)C=CC=C(CO)C(=O)NC2=CC(=O)c3c(c(O)c(C)c(O)c3C2=O)C1=O. The lowest BCUT2D eigenvalue weighted by atomic mass is 9.78. The fourth-order valence-corrected chi connectivity index (χ4v) is 5.88. The number of carbonyl (C=O) groups excluding carboxylic acids is 4. The fourth-order valence-electron chi connectivity index (χ4n) is 5.88. The monoisotopic (exact) mass is 657 g/mol. The Morgan fingerprint density at radius 2 is 1.23 bits per heavy atom. The summed E-state index contributed by atoms with van der Waals surface area (Å²) in [7, 11) is 0. The Labute approximate surface area is 271 Å². The molecule has 1 aromatic carbocycles. The maximum absolute atomic E-state index is 13.6. The number of benzene rings is 1. The van der Waals surface area contributed by atoms with E-state index < -0.39 is 118 Å². The predicted molar refractivity (Wildman–Crippen MR) is 168 cm³/mol. The average molecular weight is 658 g/mol. The van der Waals surface area contributed by atoms with Crippen LogP contribution in [0.2, 0.25) is 0 Å². The minimum Gasteiger partial charge on any atom is -0.507 e. The first-order valence-electron chi connectivity index (χ1n) is 15.2. The van der Waals surface area contributed by atoms with Gasteiger partial charge in [-0.2, -0.15) is 0 Å². The van der Waals surface area contributed by atoms with Gasteiger partial charge in [0.2, 0.25) is 5.78 Å². The molecule has 13 heteroatoms. The van der Waals surface area contributed by atoms with Crippen molar-refractivity contribution in [3.8, 4) is 11.5 Å². The van der Waals surface area contributed by atoms with Crippen LogP contribution in [0.15, 0.2) is 47.2 Å². The first-order valence-corrected chi connectivity index (χ1v) is 15.2. The van der Waals surface area contributed by atoms with Crippen molar-refractivity contribution in [1.82, 2.24) is 5.32 Å².